The van der Waals surface area contributed by atoms with E-state index in [1.807, 2.05) is 0 Å². The van der Waals surface area contributed by atoms with E-state index < -0.39 is 0 Å². The monoisotopic (exact) mass is 315 g/mol. The first kappa shape index (κ1) is 14.4. The molecule has 1 aliphatic heterocycles. The number of hydrogen-bond acceptors (Lipinski definition) is 1. The molecule has 1 heterocycles. The second-order valence-corrected chi connectivity index (χ2v) is 6.60. The number of carbonyl (C=O) groups is 1. The number of halogens is 1. The van der Waals surface area contributed by atoms with Gasteiger partial charge in [-0.1, -0.05) is 48.0 Å². The molecular formula is C15H26BrNO. The number of hydrogen-bond donors (Lipinski definition) is 0. The molecule has 1 aliphatic carbocycles. The average molecular weight is 316 g/mol. The fourth-order valence-electron chi connectivity index (χ4n) is 3.42. The second-order valence-electron chi connectivity index (χ2n) is 5.95. The van der Waals surface area contributed by atoms with Crippen molar-refractivity contribution in [3.63, 3.8) is 0 Å². The highest BCUT2D eigenvalue weighted by Gasteiger charge is 2.26. The minimum absolute atomic E-state index is 0.424. The Hall–Kier alpha value is -0.0500. The smallest absolute Gasteiger partial charge is 0.223 e. The van der Waals surface area contributed by atoms with Crippen molar-refractivity contribution in [1.82, 2.24) is 4.90 Å². The first-order valence-corrected chi connectivity index (χ1v) is 8.79. The Bertz CT molecular complexity index is 263. The summed E-state index contributed by atoms with van der Waals surface area (Å²) in [6.45, 7) is 0.988. The van der Waals surface area contributed by atoms with Crippen LogP contribution in [0.25, 0.3) is 0 Å². The Morgan fingerprint density at radius 2 is 1.67 bits per heavy atom. The van der Waals surface area contributed by atoms with Gasteiger partial charge < -0.3 is 4.90 Å². The van der Waals surface area contributed by atoms with Gasteiger partial charge in [-0.25, -0.2) is 0 Å². The van der Waals surface area contributed by atoms with Crippen LogP contribution in [0.2, 0.25) is 0 Å². The maximum Gasteiger partial charge on any atom is 0.223 e. The Labute approximate surface area is 120 Å². The maximum absolute atomic E-state index is 12.5. The molecule has 3 heteroatoms. The summed E-state index contributed by atoms with van der Waals surface area (Å²) in [6.07, 6.45) is 12.3. The van der Waals surface area contributed by atoms with E-state index in [0.717, 1.165) is 18.3 Å². The minimum Gasteiger partial charge on any atom is -0.339 e. The highest BCUT2D eigenvalue weighted by molar-refractivity contribution is 9.09. The maximum atomic E-state index is 12.5. The van der Waals surface area contributed by atoms with E-state index in [1.54, 1.807) is 0 Å². The summed E-state index contributed by atoms with van der Waals surface area (Å²) >= 11 is 3.59. The summed E-state index contributed by atoms with van der Waals surface area (Å²) < 4.78 is 0. The van der Waals surface area contributed by atoms with Crippen molar-refractivity contribution < 1.29 is 4.79 Å². The van der Waals surface area contributed by atoms with Gasteiger partial charge in [-0.2, -0.15) is 0 Å². The molecule has 0 bridgehead atoms. The number of amides is 1. The van der Waals surface area contributed by atoms with Gasteiger partial charge in [-0.3, -0.25) is 4.79 Å². The molecule has 2 rings (SSSR count). The summed E-state index contributed by atoms with van der Waals surface area (Å²) in [7, 11) is 0. The molecule has 2 nitrogen and oxygen atoms in total. The molecule has 0 aromatic carbocycles. The highest BCUT2D eigenvalue weighted by atomic mass is 79.9. The van der Waals surface area contributed by atoms with Crippen molar-refractivity contribution in [2.24, 2.45) is 5.92 Å². The van der Waals surface area contributed by atoms with E-state index in [1.165, 1.54) is 57.8 Å². The minimum atomic E-state index is 0.424. The predicted molar refractivity (Wildman–Crippen MR) is 79.0 cm³/mol. The molecular weight excluding hydrogens is 290 g/mol. The lowest BCUT2D eigenvalue weighted by molar-refractivity contribution is -0.134. The van der Waals surface area contributed by atoms with E-state index >= 15 is 0 Å². The third kappa shape index (κ3) is 3.97. The zero-order valence-electron chi connectivity index (χ0n) is 11.4. The third-order valence-electron chi connectivity index (χ3n) is 4.56. The number of likely N-dealkylation sites (tertiary alicyclic amines) is 1. The van der Waals surface area contributed by atoms with E-state index in [2.05, 4.69) is 20.8 Å². The van der Waals surface area contributed by atoms with Crippen molar-refractivity contribution in [2.45, 2.75) is 70.3 Å². The molecule has 1 atom stereocenters. The van der Waals surface area contributed by atoms with Crippen LogP contribution in [0.3, 0.4) is 0 Å². The molecule has 18 heavy (non-hydrogen) atoms. The Kier molecular flexibility index (Phi) is 6.00. The summed E-state index contributed by atoms with van der Waals surface area (Å²) in [5.41, 5.74) is 0. The standard InChI is InChI=1S/C15H26BrNO/c16-12-14-9-5-2-6-10-17(14)15(18)11-13-7-3-1-4-8-13/h13-14H,1-12H2. The van der Waals surface area contributed by atoms with Gasteiger partial charge in [0.2, 0.25) is 5.91 Å². The average Bonchev–Trinajstić information content (AvgIpc) is 2.64. The molecule has 0 spiro atoms. The molecule has 1 unspecified atom stereocenters. The van der Waals surface area contributed by atoms with Gasteiger partial charge in [0, 0.05) is 24.3 Å². The van der Waals surface area contributed by atoms with Crippen LogP contribution in [0.5, 0.6) is 0 Å². The van der Waals surface area contributed by atoms with Crippen LogP contribution < -0.4 is 0 Å². The van der Waals surface area contributed by atoms with Gasteiger partial charge in [-0.15, -0.1) is 0 Å². The molecule has 0 aromatic heterocycles. The summed E-state index contributed by atoms with van der Waals surface area (Å²) in [4.78, 5) is 14.7. The van der Waals surface area contributed by atoms with Gasteiger partial charge in [0.25, 0.3) is 0 Å². The van der Waals surface area contributed by atoms with Crippen molar-refractivity contribution in [3.05, 3.63) is 0 Å². The fraction of sp³-hybridized carbons (Fsp3) is 0.933. The van der Waals surface area contributed by atoms with E-state index in [4.69, 9.17) is 0 Å². The molecule has 104 valence electrons. The molecule has 2 fully saturated rings. The second kappa shape index (κ2) is 7.52. The Morgan fingerprint density at radius 3 is 2.39 bits per heavy atom. The lowest BCUT2D eigenvalue weighted by atomic mass is 9.86. The van der Waals surface area contributed by atoms with Crippen molar-refractivity contribution in [3.8, 4) is 0 Å². The van der Waals surface area contributed by atoms with Gasteiger partial charge in [0.1, 0.15) is 0 Å². The van der Waals surface area contributed by atoms with Gasteiger partial charge in [-0.05, 0) is 31.6 Å². The van der Waals surface area contributed by atoms with Crippen LogP contribution in [-0.2, 0) is 4.79 Å². The van der Waals surface area contributed by atoms with Crippen LogP contribution in [0.1, 0.15) is 64.2 Å². The van der Waals surface area contributed by atoms with Crippen LogP contribution in [0.15, 0.2) is 0 Å². The van der Waals surface area contributed by atoms with E-state index in [-0.39, 0.29) is 0 Å². The number of nitrogens with zero attached hydrogens (tertiary/aromatic N) is 1. The van der Waals surface area contributed by atoms with Crippen molar-refractivity contribution >= 4 is 21.8 Å². The molecule has 1 saturated carbocycles. The fourth-order valence-corrected chi connectivity index (χ4v) is 4.09. The quantitative estimate of drug-likeness (QED) is 0.717. The summed E-state index contributed by atoms with van der Waals surface area (Å²) in [5, 5.41) is 0.948. The van der Waals surface area contributed by atoms with Crippen LogP contribution in [-0.4, -0.2) is 28.7 Å². The molecule has 2 aliphatic rings. The molecule has 0 radical (unpaired) electrons. The summed E-state index contributed by atoms with van der Waals surface area (Å²) in [6, 6.07) is 0.448. The zero-order chi connectivity index (χ0) is 12.8. The summed E-state index contributed by atoms with van der Waals surface area (Å²) in [5.74, 6) is 1.10. The van der Waals surface area contributed by atoms with Crippen LogP contribution in [0, 0.1) is 5.92 Å². The van der Waals surface area contributed by atoms with Crippen LogP contribution >= 0.6 is 15.9 Å². The van der Waals surface area contributed by atoms with Crippen molar-refractivity contribution in [2.75, 3.05) is 11.9 Å². The number of rotatable bonds is 3. The topological polar surface area (TPSA) is 20.3 Å². The number of carbonyl (C=O) groups excluding carboxylic acids is 1. The first-order chi connectivity index (χ1) is 8.81. The predicted octanol–water partition coefficient (Wildman–Crippen LogP) is 4.12. The molecule has 1 saturated heterocycles. The van der Waals surface area contributed by atoms with Gasteiger partial charge in [0.05, 0.1) is 0 Å². The largest absolute Gasteiger partial charge is 0.339 e. The Morgan fingerprint density at radius 1 is 1.00 bits per heavy atom. The first-order valence-electron chi connectivity index (χ1n) is 7.66. The molecule has 0 aromatic rings. The van der Waals surface area contributed by atoms with Gasteiger partial charge in [0.15, 0.2) is 0 Å². The van der Waals surface area contributed by atoms with Gasteiger partial charge >= 0.3 is 0 Å². The Balaban J connectivity index is 1.88. The normalized spacial score (nSPS) is 26.9. The zero-order valence-corrected chi connectivity index (χ0v) is 13.0. The SMILES string of the molecule is O=C(CC1CCCCC1)N1CCCCCC1CBr. The molecule has 1 amide bonds. The highest BCUT2D eigenvalue weighted by Crippen LogP contribution is 2.28. The van der Waals surface area contributed by atoms with E-state index in [0.29, 0.717) is 17.9 Å². The lowest BCUT2D eigenvalue weighted by Crippen LogP contribution is -2.41. The molecule has 0 N–H and O–H groups in total. The number of alkyl halides is 1. The lowest BCUT2D eigenvalue weighted by Gasteiger charge is -2.31. The third-order valence-corrected chi connectivity index (χ3v) is 5.31. The van der Waals surface area contributed by atoms with Crippen LogP contribution in [0.4, 0.5) is 0 Å². The van der Waals surface area contributed by atoms with Crippen molar-refractivity contribution in [1.29, 1.82) is 0 Å². The van der Waals surface area contributed by atoms with E-state index in [9.17, 15) is 4.79 Å².